The molecular formula is C39H52F2O13S. The molecule has 0 radical (unpaired) electrons. The average molecular weight is 799 g/mol. The van der Waals surface area contributed by atoms with Crippen molar-refractivity contribution >= 4 is 40.6 Å². The zero-order valence-electron chi connectivity index (χ0n) is 31.1. The number of fused-ring (bicyclic) bond motifs is 6. The molecule has 1 saturated heterocycles. The summed E-state index contributed by atoms with van der Waals surface area (Å²) in [5.74, 6) is -3.99. The van der Waals surface area contributed by atoms with Crippen LogP contribution in [0, 0.1) is 45.8 Å². The molecule has 16 heteroatoms. The molecule has 8 unspecified atom stereocenters. The van der Waals surface area contributed by atoms with Crippen LogP contribution < -0.4 is 0 Å². The predicted molar refractivity (Wildman–Crippen MR) is 186 cm³/mol. The molecule has 55 heavy (non-hydrogen) atoms. The smallest absolute Gasteiger partial charge is 0.464 e. The molecule has 1 aliphatic heterocycles. The Labute approximate surface area is 319 Å². The summed E-state index contributed by atoms with van der Waals surface area (Å²) in [5.41, 5.74) is -3.09. The summed E-state index contributed by atoms with van der Waals surface area (Å²) in [6, 6.07) is 0. The molecule has 1 heterocycles. The Hall–Kier alpha value is -2.82. The minimum atomic E-state index is -6.05. The molecule has 0 aromatic rings. The fourth-order valence-electron chi connectivity index (χ4n) is 11.4. The van der Waals surface area contributed by atoms with Crippen LogP contribution >= 0.6 is 0 Å². The van der Waals surface area contributed by atoms with Gasteiger partial charge < -0.3 is 33.3 Å². The zero-order chi connectivity index (χ0) is 39.3. The van der Waals surface area contributed by atoms with Gasteiger partial charge in [-0.1, -0.05) is 30.9 Å². The number of esters is 3. The summed E-state index contributed by atoms with van der Waals surface area (Å²) < 4.78 is 90.2. The van der Waals surface area contributed by atoms with E-state index in [1.807, 2.05) is 6.08 Å². The van der Waals surface area contributed by atoms with Gasteiger partial charge in [0.05, 0.1) is 29.5 Å². The van der Waals surface area contributed by atoms with Crippen LogP contribution in [-0.2, 0) is 57.8 Å². The Morgan fingerprint density at radius 2 is 1.51 bits per heavy atom. The molecule has 5 saturated carbocycles. The molecule has 13 nitrogen and oxygen atoms in total. The number of ether oxygens (including phenoxy) is 5. The van der Waals surface area contributed by atoms with Gasteiger partial charge in [-0.05, 0) is 102 Å². The van der Waals surface area contributed by atoms with E-state index in [4.69, 9.17) is 28.2 Å². The highest BCUT2D eigenvalue weighted by Crippen LogP contribution is 2.53. The minimum Gasteiger partial charge on any atom is -0.464 e. The van der Waals surface area contributed by atoms with Crippen LogP contribution in [0.25, 0.3) is 0 Å². The molecule has 0 aromatic carbocycles. The first kappa shape index (κ1) is 40.4. The van der Waals surface area contributed by atoms with Gasteiger partial charge in [0.1, 0.15) is 31.4 Å². The quantitative estimate of drug-likeness (QED) is 0.0884. The van der Waals surface area contributed by atoms with E-state index in [-0.39, 0.29) is 69.4 Å². The predicted octanol–water partition coefficient (Wildman–Crippen LogP) is 5.29. The number of alkyl halides is 2. The van der Waals surface area contributed by atoms with Crippen LogP contribution in [0.15, 0.2) is 11.6 Å². The third kappa shape index (κ3) is 8.03. The molecule has 0 aromatic heterocycles. The second kappa shape index (κ2) is 15.2. The summed E-state index contributed by atoms with van der Waals surface area (Å²) >= 11 is 0. The molecule has 6 bridgehead atoms. The van der Waals surface area contributed by atoms with Gasteiger partial charge >= 0.3 is 33.3 Å². The van der Waals surface area contributed by atoms with E-state index in [0.29, 0.717) is 51.4 Å². The van der Waals surface area contributed by atoms with Gasteiger partial charge in [0, 0.05) is 17.8 Å². The second-order valence-electron chi connectivity index (χ2n) is 18.1. The number of hydrogen-bond donors (Lipinski definition) is 1. The zero-order valence-corrected chi connectivity index (χ0v) is 31.9. The second-order valence-corrected chi connectivity index (χ2v) is 19.6. The van der Waals surface area contributed by atoms with E-state index in [9.17, 15) is 41.2 Å². The summed E-state index contributed by atoms with van der Waals surface area (Å²) in [5, 5.41) is -5.13. The molecule has 7 rings (SSSR count). The van der Waals surface area contributed by atoms with Gasteiger partial charge in [0.2, 0.25) is 0 Å². The molecular weight excluding hydrogens is 746 g/mol. The lowest BCUT2D eigenvalue weighted by Gasteiger charge is -2.50. The van der Waals surface area contributed by atoms with Crippen molar-refractivity contribution in [2.45, 2.75) is 126 Å². The fourth-order valence-corrected chi connectivity index (χ4v) is 11.6. The van der Waals surface area contributed by atoms with Crippen LogP contribution in [0.5, 0.6) is 0 Å². The lowest BCUT2D eigenvalue weighted by molar-refractivity contribution is -0.279. The van der Waals surface area contributed by atoms with Crippen molar-refractivity contribution in [2.75, 3.05) is 26.4 Å². The van der Waals surface area contributed by atoms with E-state index < -0.39 is 67.3 Å². The van der Waals surface area contributed by atoms with Crippen molar-refractivity contribution in [3.63, 3.8) is 0 Å². The van der Waals surface area contributed by atoms with E-state index in [1.54, 1.807) is 0 Å². The van der Waals surface area contributed by atoms with E-state index in [1.165, 1.54) is 0 Å². The number of allylic oxidation sites excluding steroid dienone is 2. The van der Waals surface area contributed by atoms with Crippen LogP contribution in [0.2, 0.25) is 0 Å². The maximum absolute atomic E-state index is 14.3. The van der Waals surface area contributed by atoms with Crippen molar-refractivity contribution in [2.24, 2.45) is 45.8 Å². The fraction of sp³-hybridized carbons (Fsp3) is 0.821. The van der Waals surface area contributed by atoms with E-state index >= 15 is 0 Å². The molecule has 7 aliphatic rings. The van der Waals surface area contributed by atoms with Gasteiger partial charge in [-0.3, -0.25) is 14.1 Å². The van der Waals surface area contributed by atoms with Crippen molar-refractivity contribution < 1.29 is 69.4 Å². The van der Waals surface area contributed by atoms with Crippen LogP contribution in [0.1, 0.15) is 109 Å². The van der Waals surface area contributed by atoms with Crippen molar-refractivity contribution in [1.29, 1.82) is 0 Å². The lowest BCUT2D eigenvalue weighted by atomic mass is 9.59. The minimum absolute atomic E-state index is 0.0518. The molecule has 6 aliphatic carbocycles. The van der Waals surface area contributed by atoms with Crippen LogP contribution in [0.3, 0.4) is 0 Å². The molecule has 0 amide bonds. The van der Waals surface area contributed by atoms with Crippen molar-refractivity contribution in [1.82, 2.24) is 0 Å². The largest absolute Gasteiger partial charge is 0.465 e. The summed E-state index contributed by atoms with van der Waals surface area (Å²) in [4.78, 5) is 63.9. The van der Waals surface area contributed by atoms with Crippen LogP contribution in [0.4, 0.5) is 8.78 Å². The van der Waals surface area contributed by atoms with Crippen molar-refractivity contribution in [3.05, 3.63) is 11.6 Å². The number of hydrogen-bond acceptors (Lipinski definition) is 12. The SMILES string of the molecule is O=CC1C=C2CCCC(C(=O)OCC3(COC(=O)C45CCCC(CC(C=O)C4)C5)COC(C4CC5CCCC(OC(=O)C(F)(F)S(=O)(=O)O)(C5)C4)OC3)(C2)C1. The highest BCUT2D eigenvalue weighted by Gasteiger charge is 2.59. The van der Waals surface area contributed by atoms with E-state index in [0.717, 1.165) is 56.7 Å². The molecule has 306 valence electrons. The highest BCUT2D eigenvalue weighted by molar-refractivity contribution is 7.87. The maximum atomic E-state index is 14.3. The Bertz CT molecular complexity index is 1670. The topological polar surface area (TPSA) is 186 Å². The Balaban J connectivity index is 1.06. The number of carbonyl (C=O) groups is 5. The first-order valence-electron chi connectivity index (χ1n) is 19.8. The summed E-state index contributed by atoms with van der Waals surface area (Å²) in [6.07, 6.45) is 12.5. The number of rotatable bonds is 12. The first-order chi connectivity index (χ1) is 26.0. The Morgan fingerprint density at radius 1 is 0.855 bits per heavy atom. The van der Waals surface area contributed by atoms with Crippen molar-refractivity contribution in [3.8, 4) is 0 Å². The maximum Gasteiger partial charge on any atom is 0.465 e. The highest BCUT2D eigenvalue weighted by atomic mass is 32.2. The van der Waals surface area contributed by atoms with E-state index in [2.05, 4.69) is 0 Å². The van der Waals surface area contributed by atoms with Crippen LogP contribution in [-0.4, -0.2) is 87.0 Å². The average Bonchev–Trinajstić information content (AvgIpc) is 3.15. The first-order valence-corrected chi connectivity index (χ1v) is 21.2. The molecule has 8 atom stereocenters. The summed E-state index contributed by atoms with van der Waals surface area (Å²) in [6.45, 7) is -0.521. The number of halogens is 2. The standard InChI is InChI=1S/C39H52F2O13S/c40-39(41,55(47,48)49)34(46)54-38-9-3-6-27(17-38)12-30(18-38)31-50-21-35(22-51-31,23-52-32(44)36-7-1-4-25(13-36)10-28(15-36)19-42)24-53-33(45)37-8-2-5-26(14-37)11-29(16-37)20-43/h10,19-20,26-31H,1-9,11-18,21-24H2,(H,47,48,49). The van der Waals surface area contributed by atoms with Gasteiger partial charge in [0.15, 0.2) is 6.29 Å². The lowest BCUT2D eigenvalue weighted by Crippen LogP contribution is -2.55. The molecule has 1 N–H and O–H groups in total. The van der Waals surface area contributed by atoms with Gasteiger partial charge in [-0.15, -0.1) is 0 Å². The molecule has 6 fully saturated rings. The third-order valence-corrected chi connectivity index (χ3v) is 14.6. The summed E-state index contributed by atoms with van der Waals surface area (Å²) in [7, 11) is -6.05. The molecule has 0 spiro atoms. The van der Waals surface area contributed by atoms with Gasteiger partial charge in [-0.25, -0.2) is 4.79 Å². The third-order valence-electron chi connectivity index (χ3n) is 13.8. The Morgan fingerprint density at radius 3 is 2.18 bits per heavy atom. The monoisotopic (exact) mass is 798 g/mol. The van der Waals surface area contributed by atoms with Gasteiger partial charge in [-0.2, -0.15) is 17.2 Å². The van der Waals surface area contributed by atoms with Gasteiger partial charge in [0.25, 0.3) is 0 Å². The number of carbonyl (C=O) groups excluding carboxylic acids is 5. The Kier molecular flexibility index (Phi) is 11.1. The number of aldehydes is 2. The normalized spacial score (nSPS) is 40.2.